The van der Waals surface area contributed by atoms with Crippen LogP contribution in [0.4, 0.5) is 0 Å². The number of ether oxygens (including phenoxy) is 1. The molecular weight excluding hydrogens is 438 g/mol. The maximum Gasteiger partial charge on any atom is 0.252 e. The quantitative estimate of drug-likeness (QED) is 0.437. The number of methoxy groups -OCH3 is 1. The van der Waals surface area contributed by atoms with Crippen molar-refractivity contribution in [3.63, 3.8) is 0 Å². The van der Waals surface area contributed by atoms with E-state index in [-0.39, 0.29) is 10.8 Å². The van der Waals surface area contributed by atoms with Crippen molar-refractivity contribution in [3.8, 4) is 17.0 Å². The molecule has 0 bridgehead atoms. The summed E-state index contributed by atoms with van der Waals surface area (Å²) in [5.74, 6) is 0.412. The standard InChI is InChI=1S/C25H23N3O4S/c1-32-19-9-12-23-21(15-19)22(16-24(28-23)18-5-3-2-4-6-18)25(29)27-14-13-17-7-10-20(11-8-17)33(26,30)31/h2-12,15-16H,13-14H2,1H3,(H,27,29)(H2,26,30,31). The summed E-state index contributed by atoms with van der Waals surface area (Å²) in [4.78, 5) is 17.9. The lowest BCUT2D eigenvalue weighted by Crippen LogP contribution is -2.26. The molecule has 0 saturated carbocycles. The number of hydrogen-bond acceptors (Lipinski definition) is 5. The second kappa shape index (κ2) is 9.40. The zero-order valence-corrected chi connectivity index (χ0v) is 18.8. The van der Waals surface area contributed by atoms with Gasteiger partial charge in [-0.1, -0.05) is 42.5 Å². The van der Waals surface area contributed by atoms with Gasteiger partial charge in [-0.05, 0) is 48.4 Å². The Labute approximate surface area is 192 Å². The molecule has 168 valence electrons. The van der Waals surface area contributed by atoms with E-state index in [0.29, 0.717) is 40.9 Å². The number of nitrogens with zero attached hydrogens (tertiary/aromatic N) is 1. The van der Waals surface area contributed by atoms with Crippen LogP contribution in [0.15, 0.2) is 83.8 Å². The van der Waals surface area contributed by atoms with Crippen molar-refractivity contribution in [1.29, 1.82) is 0 Å². The highest BCUT2D eigenvalue weighted by Crippen LogP contribution is 2.27. The Morgan fingerprint density at radius 1 is 1.00 bits per heavy atom. The number of sulfonamides is 1. The average Bonchev–Trinajstić information content (AvgIpc) is 2.83. The van der Waals surface area contributed by atoms with E-state index in [2.05, 4.69) is 5.32 Å². The van der Waals surface area contributed by atoms with Gasteiger partial charge >= 0.3 is 0 Å². The number of nitrogens with two attached hydrogens (primary N) is 1. The Morgan fingerprint density at radius 3 is 2.39 bits per heavy atom. The summed E-state index contributed by atoms with van der Waals surface area (Å²) in [6.45, 7) is 0.377. The fraction of sp³-hybridized carbons (Fsp3) is 0.120. The predicted octanol–water partition coefficient (Wildman–Crippen LogP) is 3.53. The number of nitrogens with one attached hydrogen (secondary N) is 1. The Bertz CT molecular complexity index is 1400. The highest BCUT2D eigenvalue weighted by molar-refractivity contribution is 7.89. The number of carbonyl (C=O) groups excluding carboxylic acids is 1. The average molecular weight is 462 g/mol. The maximum atomic E-state index is 13.1. The summed E-state index contributed by atoms with van der Waals surface area (Å²) in [7, 11) is -2.15. The normalized spacial score (nSPS) is 11.3. The van der Waals surface area contributed by atoms with E-state index in [1.54, 1.807) is 31.4 Å². The molecule has 0 aliphatic carbocycles. The van der Waals surface area contributed by atoms with Crippen LogP contribution < -0.4 is 15.2 Å². The van der Waals surface area contributed by atoms with E-state index in [1.807, 2.05) is 42.5 Å². The van der Waals surface area contributed by atoms with E-state index in [1.165, 1.54) is 12.1 Å². The molecule has 0 aliphatic rings. The minimum atomic E-state index is -3.73. The first-order valence-corrected chi connectivity index (χ1v) is 11.8. The molecule has 0 radical (unpaired) electrons. The first-order chi connectivity index (χ1) is 15.8. The minimum Gasteiger partial charge on any atom is -0.497 e. The molecule has 1 aromatic heterocycles. The third-order valence-corrected chi connectivity index (χ3v) is 6.21. The molecule has 3 aromatic carbocycles. The highest BCUT2D eigenvalue weighted by atomic mass is 32.2. The van der Waals surface area contributed by atoms with Crippen molar-refractivity contribution in [2.45, 2.75) is 11.3 Å². The molecule has 0 saturated heterocycles. The van der Waals surface area contributed by atoms with Crippen LogP contribution in [0.5, 0.6) is 5.75 Å². The van der Waals surface area contributed by atoms with Crippen molar-refractivity contribution in [1.82, 2.24) is 10.3 Å². The van der Waals surface area contributed by atoms with Crippen molar-refractivity contribution in [2.75, 3.05) is 13.7 Å². The molecule has 4 rings (SSSR count). The lowest BCUT2D eigenvalue weighted by molar-refractivity contribution is 0.0955. The van der Waals surface area contributed by atoms with Gasteiger partial charge in [0.2, 0.25) is 10.0 Å². The Kier molecular flexibility index (Phi) is 6.39. The molecule has 33 heavy (non-hydrogen) atoms. The second-order valence-corrected chi connectivity index (χ2v) is 9.06. The fourth-order valence-corrected chi connectivity index (χ4v) is 4.05. The van der Waals surface area contributed by atoms with Gasteiger partial charge in [-0.25, -0.2) is 18.5 Å². The molecule has 4 aromatic rings. The largest absolute Gasteiger partial charge is 0.497 e. The topological polar surface area (TPSA) is 111 Å². The number of benzene rings is 3. The van der Waals surface area contributed by atoms with Gasteiger partial charge in [-0.15, -0.1) is 0 Å². The van der Waals surface area contributed by atoms with Gasteiger partial charge < -0.3 is 10.1 Å². The smallest absolute Gasteiger partial charge is 0.252 e. The molecule has 8 heteroatoms. The van der Waals surface area contributed by atoms with Gasteiger partial charge in [-0.3, -0.25) is 4.79 Å². The summed E-state index contributed by atoms with van der Waals surface area (Å²) in [6.07, 6.45) is 0.536. The Hall–Kier alpha value is -3.75. The van der Waals surface area contributed by atoms with E-state index in [9.17, 15) is 13.2 Å². The Balaban J connectivity index is 1.58. The fourth-order valence-electron chi connectivity index (χ4n) is 3.54. The van der Waals surface area contributed by atoms with Crippen molar-refractivity contribution in [3.05, 3.63) is 90.0 Å². The number of fused-ring (bicyclic) bond motifs is 1. The zero-order chi connectivity index (χ0) is 23.4. The number of rotatable bonds is 7. The number of aromatic nitrogens is 1. The van der Waals surface area contributed by atoms with E-state index >= 15 is 0 Å². The molecule has 0 unspecified atom stereocenters. The first kappa shape index (κ1) is 22.4. The summed E-state index contributed by atoms with van der Waals surface area (Å²) in [5, 5.41) is 8.78. The Morgan fingerprint density at radius 2 is 1.73 bits per heavy atom. The summed E-state index contributed by atoms with van der Waals surface area (Å²) >= 11 is 0. The zero-order valence-electron chi connectivity index (χ0n) is 18.0. The monoisotopic (exact) mass is 461 g/mol. The minimum absolute atomic E-state index is 0.0564. The summed E-state index contributed by atoms with van der Waals surface area (Å²) < 4.78 is 28.1. The second-order valence-electron chi connectivity index (χ2n) is 7.50. The maximum absolute atomic E-state index is 13.1. The van der Waals surface area contributed by atoms with Crippen LogP contribution >= 0.6 is 0 Å². The van der Waals surface area contributed by atoms with E-state index < -0.39 is 10.0 Å². The van der Waals surface area contributed by atoms with Gasteiger partial charge in [0.15, 0.2) is 0 Å². The number of pyridine rings is 1. The molecule has 0 atom stereocenters. The van der Waals surface area contributed by atoms with Crippen LogP contribution in [0.3, 0.4) is 0 Å². The molecule has 1 heterocycles. The van der Waals surface area contributed by atoms with Gasteiger partial charge in [-0.2, -0.15) is 0 Å². The SMILES string of the molecule is COc1ccc2nc(-c3ccccc3)cc(C(=O)NCCc3ccc(S(N)(=O)=O)cc3)c2c1. The van der Waals surface area contributed by atoms with Crippen LogP contribution in [0.25, 0.3) is 22.2 Å². The van der Waals surface area contributed by atoms with E-state index in [4.69, 9.17) is 14.9 Å². The van der Waals surface area contributed by atoms with Gasteiger partial charge in [0, 0.05) is 17.5 Å². The molecule has 3 N–H and O–H groups in total. The lowest BCUT2D eigenvalue weighted by atomic mass is 10.0. The molecule has 0 fully saturated rings. The summed E-state index contributed by atoms with van der Waals surface area (Å²) in [5.41, 5.74) is 3.70. The van der Waals surface area contributed by atoms with Crippen molar-refractivity contribution in [2.24, 2.45) is 5.14 Å². The van der Waals surface area contributed by atoms with Crippen LogP contribution in [-0.2, 0) is 16.4 Å². The van der Waals surface area contributed by atoms with Gasteiger partial charge in [0.05, 0.1) is 28.8 Å². The highest BCUT2D eigenvalue weighted by Gasteiger charge is 2.15. The van der Waals surface area contributed by atoms with Crippen LogP contribution in [0, 0.1) is 0 Å². The number of carbonyl (C=O) groups is 1. The molecule has 7 nitrogen and oxygen atoms in total. The van der Waals surface area contributed by atoms with E-state index in [0.717, 1.165) is 11.1 Å². The van der Waals surface area contributed by atoms with Crippen molar-refractivity contribution >= 4 is 26.8 Å². The van der Waals surface area contributed by atoms with Gasteiger partial charge in [0.25, 0.3) is 5.91 Å². The van der Waals surface area contributed by atoms with Gasteiger partial charge in [0.1, 0.15) is 5.75 Å². The number of amides is 1. The molecule has 0 aliphatic heterocycles. The number of hydrogen-bond donors (Lipinski definition) is 2. The third-order valence-electron chi connectivity index (χ3n) is 5.28. The van der Waals surface area contributed by atoms with Crippen molar-refractivity contribution < 1.29 is 17.9 Å². The lowest BCUT2D eigenvalue weighted by Gasteiger charge is -2.12. The molecule has 1 amide bonds. The van der Waals surface area contributed by atoms with Crippen LogP contribution in [-0.4, -0.2) is 33.0 Å². The number of primary sulfonamides is 1. The van der Waals surface area contributed by atoms with Crippen LogP contribution in [0.2, 0.25) is 0 Å². The first-order valence-electron chi connectivity index (χ1n) is 10.3. The van der Waals surface area contributed by atoms with Crippen LogP contribution in [0.1, 0.15) is 15.9 Å². The molecule has 0 spiro atoms. The third kappa shape index (κ3) is 5.19. The molecular formula is C25H23N3O4S. The predicted molar refractivity (Wildman–Crippen MR) is 128 cm³/mol. The summed E-state index contributed by atoms with van der Waals surface area (Å²) in [6, 6.07) is 23.2.